The van der Waals surface area contributed by atoms with Gasteiger partial charge in [-0.3, -0.25) is 0 Å². The summed E-state index contributed by atoms with van der Waals surface area (Å²) in [7, 11) is 0. The fourth-order valence-corrected chi connectivity index (χ4v) is 1.20. The molecule has 4 nitrogen and oxygen atoms in total. The average Bonchev–Trinajstić information content (AvgIpc) is 1.83. The van der Waals surface area contributed by atoms with Crippen LogP contribution in [-0.4, -0.2) is 34.3 Å². The number of carbonyl (C=O) groups excluding carboxylic acids is 1. The lowest BCUT2D eigenvalue weighted by atomic mass is 10.0. The smallest absolute Gasteiger partial charge is 0.137 e. The van der Waals surface area contributed by atoms with E-state index in [4.69, 9.17) is 5.11 Å². The Kier molecular flexibility index (Phi) is 3.52. The van der Waals surface area contributed by atoms with Crippen LogP contribution in [0.25, 0.3) is 0 Å². The summed E-state index contributed by atoms with van der Waals surface area (Å²) < 4.78 is 0. The number of carboxylic acid groups (broad SMARTS) is 1. The van der Waals surface area contributed by atoms with Crippen LogP contribution in [0.15, 0.2) is 0 Å². The molecule has 0 aliphatic heterocycles. The minimum Gasteiger partial charge on any atom is -0.530 e. The highest BCUT2D eigenvalue weighted by molar-refractivity contribution is 5.64. The molecule has 0 saturated carbocycles. The van der Waals surface area contributed by atoms with Crippen LogP contribution in [0.3, 0.4) is 0 Å². The highest BCUT2D eigenvalue weighted by Crippen LogP contribution is 2.15. The second-order valence-electron chi connectivity index (χ2n) is 3.84. The summed E-state index contributed by atoms with van der Waals surface area (Å²) in [4.78, 5) is 11.8. The van der Waals surface area contributed by atoms with Crippen molar-refractivity contribution < 1.29 is 15.0 Å². The maximum atomic E-state index is 10.7. The van der Waals surface area contributed by atoms with Gasteiger partial charge in [0.2, 0.25) is 0 Å². The number of rotatable bonds is 2. The molecule has 0 radical (unpaired) electrons. The molecule has 72 valence electrons. The molecule has 1 atom stereocenters. The molecule has 12 heavy (non-hydrogen) atoms. The predicted octanol–water partition coefficient (Wildman–Crippen LogP) is -0.189. The molecule has 0 saturated heterocycles. The molecule has 0 aliphatic carbocycles. The van der Waals surface area contributed by atoms with Crippen molar-refractivity contribution in [1.29, 1.82) is 0 Å². The van der Waals surface area contributed by atoms with Crippen LogP contribution in [0.4, 0.5) is 4.79 Å². The van der Waals surface area contributed by atoms with E-state index in [1.165, 1.54) is 0 Å². The van der Waals surface area contributed by atoms with E-state index in [1.54, 1.807) is 27.7 Å². The molecule has 1 N–H and O–H groups in total. The molecule has 0 fully saturated rings. The van der Waals surface area contributed by atoms with E-state index in [0.29, 0.717) is 0 Å². The summed E-state index contributed by atoms with van der Waals surface area (Å²) in [5, 5.41) is 19.4. The Hall–Kier alpha value is -0.770. The predicted molar refractivity (Wildman–Crippen MR) is 43.5 cm³/mol. The molecule has 0 aromatic rings. The number of nitrogens with zero attached hydrogens (tertiary/aromatic N) is 1. The fourth-order valence-electron chi connectivity index (χ4n) is 1.20. The molecule has 4 heteroatoms. The van der Waals surface area contributed by atoms with Crippen LogP contribution in [0.1, 0.15) is 27.7 Å². The zero-order valence-electron chi connectivity index (χ0n) is 8.00. The van der Waals surface area contributed by atoms with E-state index in [1.807, 2.05) is 0 Å². The SMILES string of the molecule is C[C@@H](CO)N(C(=O)[O-])C(C)(C)C. The molecule has 0 aromatic carbocycles. The van der Waals surface area contributed by atoms with Gasteiger partial charge in [-0.25, -0.2) is 0 Å². The molecule has 0 rings (SSSR count). The average molecular weight is 174 g/mol. The summed E-state index contributed by atoms with van der Waals surface area (Å²) in [6.07, 6.45) is -1.25. The zero-order valence-corrected chi connectivity index (χ0v) is 8.00. The number of hydrogen-bond acceptors (Lipinski definition) is 3. The summed E-state index contributed by atoms with van der Waals surface area (Å²) in [5.41, 5.74) is -0.527. The normalized spacial score (nSPS) is 14.1. The van der Waals surface area contributed by atoms with Crippen molar-refractivity contribution in [3.8, 4) is 0 Å². The summed E-state index contributed by atoms with van der Waals surface area (Å²) >= 11 is 0. The van der Waals surface area contributed by atoms with Gasteiger partial charge in [0.05, 0.1) is 12.6 Å². The third-order valence-electron chi connectivity index (χ3n) is 1.62. The number of hydrogen-bond donors (Lipinski definition) is 1. The first-order valence-corrected chi connectivity index (χ1v) is 3.92. The Bertz CT molecular complexity index is 162. The van der Waals surface area contributed by atoms with Crippen molar-refractivity contribution in [2.75, 3.05) is 6.61 Å². The lowest BCUT2D eigenvalue weighted by Crippen LogP contribution is -2.56. The molecule has 1 amide bonds. The van der Waals surface area contributed by atoms with Gasteiger partial charge >= 0.3 is 0 Å². The van der Waals surface area contributed by atoms with E-state index in [9.17, 15) is 9.90 Å². The third kappa shape index (κ3) is 2.70. The molecule has 0 heterocycles. The van der Waals surface area contributed by atoms with Crippen molar-refractivity contribution in [2.24, 2.45) is 0 Å². The first-order valence-electron chi connectivity index (χ1n) is 3.92. The van der Waals surface area contributed by atoms with Crippen molar-refractivity contribution in [1.82, 2.24) is 4.90 Å². The van der Waals surface area contributed by atoms with Crippen LogP contribution < -0.4 is 5.11 Å². The number of carbonyl (C=O) groups is 1. The Morgan fingerprint density at radius 2 is 2.00 bits per heavy atom. The maximum absolute atomic E-state index is 10.7. The Labute approximate surface area is 72.8 Å². The van der Waals surface area contributed by atoms with Gasteiger partial charge < -0.3 is 19.9 Å². The van der Waals surface area contributed by atoms with Gasteiger partial charge in [0.1, 0.15) is 6.09 Å². The monoisotopic (exact) mass is 174 g/mol. The molecule has 0 bridgehead atoms. The van der Waals surface area contributed by atoms with Crippen molar-refractivity contribution in [3.63, 3.8) is 0 Å². The van der Waals surface area contributed by atoms with Crippen LogP contribution in [0.2, 0.25) is 0 Å². The van der Waals surface area contributed by atoms with E-state index in [2.05, 4.69) is 0 Å². The van der Waals surface area contributed by atoms with Gasteiger partial charge in [-0.15, -0.1) is 0 Å². The Morgan fingerprint density at radius 3 is 2.08 bits per heavy atom. The van der Waals surface area contributed by atoms with E-state index < -0.39 is 17.7 Å². The summed E-state index contributed by atoms with van der Waals surface area (Å²) in [5.74, 6) is 0. The molecule has 0 spiro atoms. The number of aliphatic hydroxyl groups is 1. The topological polar surface area (TPSA) is 63.6 Å². The molecular formula is C8H16NO3-. The lowest BCUT2D eigenvalue weighted by Gasteiger charge is -2.41. The van der Waals surface area contributed by atoms with Crippen LogP contribution in [0.5, 0.6) is 0 Å². The van der Waals surface area contributed by atoms with Crippen molar-refractivity contribution in [3.05, 3.63) is 0 Å². The largest absolute Gasteiger partial charge is 0.530 e. The zero-order chi connectivity index (χ0) is 9.94. The third-order valence-corrected chi connectivity index (χ3v) is 1.62. The highest BCUT2D eigenvalue weighted by atomic mass is 16.4. The van der Waals surface area contributed by atoms with Crippen molar-refractivity contribution >= 4 is 6.09 Å². The standard InChI is InChI=1S/C8H17NO3/c1-6(5-10)9(7(11)12)8(2,3)4/h6,10H,5H2,1-4H3,(H,11,12)/p-1/t6-/m0/s1. The second-order valence-corrected chi connectivity index (χ2v) is 3.84. The second kappa shape index (κ2) is 3.76. The minimum absolute atomic E-state index is 0.189. The Morgan fingerprint density at radius 1 is 1.58 bits per heavy atom. The van der Waals surface area contributed by atoms with Crippen LogP contribution >= 0.6 is 0 Å². The fraction of sp³-hybridized carbons (Fsp3) is 0.875. The van der Waals surface area contributed by atoms with Gasteiger partial charge in [-0.05, 0) is 27.7 Å². The molecule has 0 unspecified atom stereocenters. The van der Waals surface area contributed by atoms with E-state index in [-0.39, 0.29) is 6.61 Å². The molecule has 0 aromatic heterocycles. The molecular weight excluding hydrogens is 158 g/mol. The van der Waals surface area contributed by atoms with Gasteiger partial charge in [0, 0.05) is 5.54 Å². The quantitative estimate of drug-likeness (QED) is 0.631. The first kappa shape index (κ1) is 11.2. The maximum Gasteiger partial charge on any atom is 0.137 e. The van der Waals surface area contributed by atoms with Gasteiger partial charge in [-0.2, -0.15) is 0 Å². The van der Waals surface area contributed by atoms with Crippen molar-refractivity contribution in [2.45, 2.75) is 39.3 Å². The number of amides is 1. The van der Waals surface area contributed by atoms with Crippen LogP contribution in [0, 0.1) is 0 Å². The summed E-state index contributed by atoms with van der Waals surface area (Å²) in [6.45, 7) is 6.73. The first-order chi connectivity index (χ1) is 5.30. The number of aliphatic hydroxyl groups excluding tert-OH is 1. The minimum atomic E-state index is -1.25. The molecule has 0 aliphatic rings. The van der Waals surface area contributed by atoms with E-state index in [0.717, 1.165) is 4.90 Å². The van der Waals surface area contributed by atoms with Crippen LogP contribution in [-0.2, 0) is 0 Å². The Balaban J connectivity index is 4.56. The van der Waals surface area contributed by atoms with Gasteiger partial charge in [-0.1, -0.05) is 0 Å². The lowest BCUT2D eigenvalue weighted by molar-refractivity contribution is -0.273. The summed E-state index contributed by atoms with van der Waals surface area (Å²) in [6, 6.07) is -0.421. The van der Waals surface area contributed by atoms with E-state index >= 15 is 0 Å². The highest BCUT2D eigenvalue weighted by Gasteiger charge is 2.25. The van der Waals surface area contributed by atoms with Gasteiger partial charge in [0.25, 0.3) is 0 Å². The van der Waals surface area contributed by atoms with Gasteiger partial charge in [0.15, 0.2) is 0 Å².